The Labute approximate surface area is 117 Å². The zero-order valence-corrected chi connectivity index (χ0v) is 11.5. The van der Waals surface area contributed by atoms with Crippen molar-refractivity contribution in [3.05, 3.63) is 66.0 Å². The second kappa shape index (κ2) is 5.74. The van der Waals surface area contributed by atoms with E-state index in [0.717, 1.165) is 5.56 Å². The zero-order chi connectivity index (χ0) is 14.6. The third-order valence-corrected chi connectivity index (χ3v) is 3.00. The number of amides is 2. The van der Waals surface area contributed by atoms with Crippen LogP contribution in [0.3, 0.4) is 0 Å². The van der Waals surface area contributed by atoms with Crippen LogP contribution in [0.1, 0.15) is 19.4 Å². The lowest BCUT2D eigenvalue weighted by molar-refractivity contribution is 0.242. The Morgan fingerprint density at radius 1 is 1.05 bits per heavy atom. The summed E-state index contributed by atoms with van der Waals surface area (Å²) < 4.78 is 13.0. The molecule has 4 heteroatoms. The highest BCUT2D eigenvalue weighted by Crippen LogP contribution is 2.19. The van der Waals surface area contributed by atoms with E-state index in [1.54, 1.807) is 12.1 Å². The van der Waals surface area contributed by atoms with Crippen molar-refractivity contribution in [3.8, 4) is 0 Å². The van der Waals surface area contributed by atoms with Crippen molar-refractivity contribution in [1.82, 2.24) is 5.32 Å². The zero-order valence-electron chi connectivity index (χ0n) is 11.5. The molecule has 0 aliphatic rings. The fraction of sp³-hybridized carbons (Fsp3) is 0.188. The minimum Gasteiger partial charge on any atom is -0.329 e. The normalized spacial score (nSPS) is 10.9. The molecular formula is C16H17FN2O. The summed E-state index contributed by atoms with van der Waals surface area (Å²) in [6.45, 7) is 3.82. The topological polar surface area (TPSA) is 41.1 Å². The van der Waals surface area contributed by atoms with Crippen molar-refractivity contribution in [1.29, 1.82) is 0 Å². The molecule has 2 rings (SSSR count). The first kappa shape index (κ1) is 14.1. The van der Waals surface area contributed by atoms with Gasteiger partial charge in [-0.05, 0) is 37.6 Å². The van der Waals surface area contributed by atoms with Gasteiger partial charge in [0.2, 0.25) is 0 Å². The molecule has 0 atom stereocenters. The minimum atomic E-state index is -0.515. The number of halogens is 1. The molecule has 0 aromatic heterocycles. The molecule has 0 heterocycles. The van der Waals surface area contributed by atoms with Crippen LogP contribution >= 0.6 is 0 Å². The molecule has 0 unspecified atom stereocenters. The Bertz CT molecular complexity index is 596. The summed E-state index contributed by atoms with van der Waals surface area (Å²) in [5.74, 6) is -0.384. The van der Waals surface area contributed by atoms with E-state index in [-0.39, 0.29) is 11.8 Å². The lowest BCUT2D eigenvalue weighted by Gasteiger charge is -2.27. The molecule has 0 bridgehead atoms. The molecule has 2 amide bonds. The number of carbonyl (C=O) groups is 1. The Kier molecular flexibility index (Phi) is 4.03. The van der Waals surface area contributed by atoms with Crippen molar-refractivity contribution in [3.63, 3.8) is 0 Å². The van der Waals surface area contributed by atoms with Gasteiger partial charge in [-0.2, -0.15) is 0 Å². The van der Waals surface area contributed by atoms with E-state index in [1.165, 1.54) is 12.1 Å². The van der Waals surface area contributed by atoms with Crippen LogP contribution in [0.2, 0.25) is 0 Å². The van der Waals surface area contributed by atoms with Crippen LogP contribution in [0.5, 0.6) is 0 Å². The summed E-state index contributed by atoms with van der Waals surface area (Å²) in [4.78, 5) is 12.0. The number of benzene rings is 2. The third-order valence-electron chi connectivity index (χ3n) is 3.00. The average molecular weight is 272 g/mol. The van der Waals surface area contributed by atoms with E-state index in [1.807, 2.05) is 44.2 Å². The predicted molar refractivity (Wildman–Crippen MR) is 78.0 cm³/mol. The minimum absolute atomic E-state index is 0.371. The van der Waals surface area contributed by atoms with Gasteiger partial charge in [-0.15, -0.1) is 0 Å². The fourth-order valence-corrected chi connectivity index (χ4v) is 1.94. The van der Waals surface area contributed by atoms with E-state index in [2.05, 4.69) is 10.6 Å². The Morgan fingerprint density at radius 2 is 1.75 bits per heavy atom. The second-order valence-corrected chi connectivity index (χ2v) is 5.08. The molecule has 104 valence electrons. The number of urea groups is 1. The van der Waals surface area contributed by atoms with Gasteiger partial charge < -0.3 is 10.6 Å². The van der Waals surface area contributed by atoms with E-state index in [0.29, 0.717) is 5.69 Å². The van der Waals surface area contributed by atoms with Gasteiger partial charge in [0.25, 0.3) is 0 Å². The molecule has 20 heavy (non-hydrogen) atoms. The number of carbonyl (C=O) groups excluding carboxylic acids is 1. The molecular weight excluding hydrogens is 255 g/mol. The first-order valence-electron chi connectivity index (χ1n) is 6.38. The molecule has 0 spiro atoms. The Balaban J connectivity index is 2.04. The van der Waals surface area contributed by atoms with E-state index < -0.39 is 5.54 Å². The maximum atomic E-state index is 13.0. The van der Waals surface area contributed by atoms with E-state index >= 15 is 0 Å². The van der Waals surface area contributed by atoms with Gasteiger partial charge >= 0.3 is 6.03 Å². The summed E-state index contributed by atoms with van der Waals surface area (Å²) in [6, 6.07) is 15.1. The molecule has 0 aliphatic carbocycles. The van der Waals surface area contributed by atoms with Gasteiger partial charge in [-0.1, -0.05) is 36.4 Å². The van der Waals surface area contributed by atoms with Crippen LogP contribution in [-0.2, 0) is 5.54 Å². The van der Waals surface area contributed by atoms with Crippen molar-refractivity contribution in [2.45, 2.75) is 19.4 Å². The highest BCUT2D eigenvalue weighted by Gasteiger charge is 2.22. The number of hydrogen-bond donors (Lipinski definition) is 2. The average Bonchev–Trinajstić information content (AvgIpc) is 2.39. The van der Waals surface area contributed by atoms with E-state index in [4.69, 9.17) is 0 Å². The maximum Gasteiger partial charge on any atom is 0.319 e. The van der Waals surface area contributed by atoms with Gasteiger partial charge in [0.05, 0.1) is 5.54 Å². The molecule has 2 N–H and O–H groups in total. The largest absolute Gasteiger partial charge is 0.329 e. The van der Waals surface area contributed by atoms with Crippen LogP contribution in [0.4, 0.5) is 14.9 Å². The molecule has 0 aliphatic heterocycles. The summed E-state index contributed by atoms with van der Waals surface area (Å²) in [5.41, 5.74) is 0.902. The summed E-state index contributed by atoms with van der Waals surface area (Å²) in [5, 5.41) is 5.49. The van der Waals surface area contributed by atoms with Crippen LogP contribution in [0.25, 0.3) is 0 Å². The van der Waals surface area contributed by atoms with Crippen LogP contribution in [-0.4, -0.2) is 6.03 Å². The Morgan fingerprint density at radius 3 is 2.40 bits per heavy atom. The first-order valence-corrected chi connectivity index (χ1v) is 6.38. The summed E-state index contributed by atoms with van der Waals surface area (Å²) in [6.07, 6.45) is 0. The van der Waals surface area contributed by atoms with Crippen LogP contribution in [0.15, 0.2) is 54.6 Å². The third kappa shape index (κ3) is 3.57. The summed E-state index contributed by atoms with van der Waals surface area (Å²) in [7, 11) is 0. The summed E-state index contributed by atoms with van der Waals surface area (Å²) >= 11 is 0. The fourth-order valence-electron chi connectivity index (χ4n) is 1.94. The second-order valence-electron chi connectivity index (χ2n) is 5.08. The molecule has 0 saturated carbocycles. The lowest BCUT2D eigenvalue weighted by Crippen LogP contribution is -2.43. The Hall–Kier alpha value is -2.36. The molecule has 3 nitrogen and oxygen atoms in total. The molecule has 0 saturated heterocycles. The van der Waals surface area contributed by atoms with E-state index in [9.17, 15) is 9.18 Å². The SMILES string of the molecule is CC(C)(NC(=O)Nc1cccc(F)c1)c1ccccc1. The van der Waals surface area contributed by atoms with Crippen LogP contribution < -0.4 is 10.6 Å². The monoisotopic (exact) mass is 272 g/mol. The highest BCUT2D eigenvalue weighted by atomic mass is 19.1. The lowest BCUT2D eigenvalue weighted by atomic mass is 9.95. The molecule has 2 aromatic carbocycles. The van der Waals surface area contributed by atoms with Crippen molar-refractivity contribution >= 4 is 11.7 Å². The van der Waals surface area contributed by atoms with Crippen LogP contribution in [0, 0.1) is 5.82 Å². The van der Waals surface area contributed by atoms with Gasteiger partial charge in [0.15, 0.2) is 0 Å². The number of nitrogens with one attached hydrogen (secondary N) is 2. The first-order chi connectivity index (χ1) is 9.47. The van der Waals surface area contributed by atoms with Gasteiger partial charge in [0, 0.05) is 5.69 Å². The maximum absolute atomic E-state index is 13.0. The van der Waals surface area contributed by atoms with Crippen molar-refractivity contribution in [2.75, 3.05) is 5.32 Å². The van der Waals surface area contributed by atoms with Gasteiger partial charge in [-0.3, -0.25) is 0 Å². The van der Waals surface area contributed by atoms with Crippen molar-refractivity contribution in [2.24, 2.45) is 0 Å². The standard InChI is InChI=1S/C16H17FN2O/c1-16(2,12-7-4-3-5-8-12)19-15(20)18-14-10-6-9-13(17)11-14/h3-11H,1-2H3,(H2,18,19,20). The highest BCUT2D eigenvalue weighted by molar-refractivity contribution is 5.89. The number of hydrogen-bond acceptors (Lipinski definition) is 1. The van der Waals surface area contributed by atoms with Crippen molar-refractivity contribution < 1.29 is 9.18 Å². The molecule has 0 fully saturated rings. The number of rotatable bonds is 3. The predicted octanol–water partition coefficient (Wildman–Crippen LogP) is 3.88. The van der Waals surface area contributed by atoms with Gasteiger partial charge in [-0.25, -0.2) is 9.18 Å². The molecule has 2 aromatic rings. The smallest absolute Gasteiger partial charge is 0.319 e. The quantitative estimate of drug-likeness (QED) is 0.874. The van der Waals surface area contributed by atoms with Gasteiger partial charge in [0.1, 0.15) is 5.82 Å². The number of anilines is 1. The molecule has 0 radical (unpaired) electrons.